The molecule has 0 bridgehead atoms. The highest BCUT2D eigenvalue weighted by atomic mass is 32.2. The van der Waals surface area contributed by atoms with E-state index < -0.39 is 31.7 Å². The third-order valence-corrected chi connectivity index (χ3v) is 10.5. The zero-order valence-electron chi connectivity index (χ0n) is 28.0. The van der Waals surface area contributed by atoms with Crippen molar-refractivity contribution in [2.75, 3.05) is 23.5 Å². The summed E-state index contributed by atoms with van der Waals surface area (Å²) in [7, 11) is -4.79. The lowest BCUT2D eigenvalue weighted by atomic mass is 9.99. The first-order chi connectivity index (χ1) is 24.2. The van der Waals surface area contributed by atoms with Gasteiger partial charge in [-0.25, -0.2) is 19.0 Å². The van der Waals surface area contributed by atoms with Crippen molar-refractivity contribution in [3.05, 3.63) is 139 Å². The number of ether oxygens (including phenoxy) is 1. The minimum Gasteiger partial charge on any atom is -0.457 e. The van der Waals surface area contributed by atoms with E-state index in [1.165, 1.54) is 14.1 Å². The molecule has 0 atom stereocenters. The predicted molar refractivity (Wildman–Crippen MR) is 196 cm³/mol. The summed E-state index contributed by atoms with van der Waals surface area (Å²) >= 11 is 0. The summed E-state index contributed by atoms with van der Waals surface area (Å²) in [5.41, 5.74) is 4.07. The summed E-state index contributed by atoms with van der Waals surface area (Å²) in [5, 5.41) is 1.42. The molecule has 0 spiro atoms. The van der Waals surface area contributed by atoms with Crippen LogP contribution in [0.4, 0.5) is 11.4 Å². The lowest BCUT2D eigenvalue weighted by Crippen LogP contribution is -2.26. The van der Waals surface area contributed by atoms with E-state index in [2.05, 4.69) is 18.9 Å². The van der Waals surface area contributed by atoms with E-state index in [4.69, 9.17) is 13.6 Å². The van der Waals surface area contributed by atoms with Crippen molar-refractivity contribution in [2.24, 2.45) is 0 Å². The SMILES string of the molecule is CNS(=O)(=O)Nc1cccc(Cc2c(C)c3ccc(Oc4ccc5c(C)c(Cc6cccc(NS(=O)(=O)NC)c6)c(=O)oc5c4)cc3oc2=O)c1. The quantitative estimate of drug-likeness (QED) is 0.122. The maximum atomic E-state index is 13.1. The lowest BCUT2D eigenvalue weighted by molar-refractivity contribution is 0.477. The summed E-state index contributed by atoms with van der Waals surface area (Å²) in [5.74, 6) is 0.789. The largest absolute Gasteiger partial charge is 0.457 e. The van der Waals surface area contributed by atoms with Gasteiger partial charge in [-0.2, -0.15) is 16.8 Å². The molecule has 15 heteroatoms. The molecule has 4 aromatic carbocycles. The van der Waals surface area contributed by atoms with Gasteiger partial charge in [0.15, 0.2) is 0 Å². The van der Waals surface area contributed by atoms with Crippen LogP contribution in [0, 0.1) is 13.8 Å². The minimum absolute atomic E-state index is 0.228. The van der Waals surface area contributed by atoms with Crippen LogP contribution in [0.1, 0.15) is 33.4 Å². The molecule has 6 aromatic rings. The molecule has 2 heterocycles. The Morgan fingerprint density at radius 2 is 1.00 bits per heavy atom. The number of rotatable bonds is 12. The summed E-state index contributed by atoms with van der Waals surface area (Å²) in [6, 6.07) is 23.8. The van der Waals surface area contributed by atoms with Crippen molar-refractivity contribution in [3.8, 4) is 11.5 Å². The molecule has 0 aliphatic carbocycles. The number of benzene rings is 4. The average molecular weight is 731 g/mol. The van der Waals surface area contributed by atoms with Gasteiger partial charge in [0.1, 0.15) is 22.7 Å². The van der Waals surface area contributed by atoms with E-state index in [1.54, 1.807) is 84.9 Å². The fraction of sp³-hybridized carbons (Fsp3) is 0.167. The molecule has 0 aliphatic heterocycles. The zero-order chi connectivity index (χ0) is 36.5. The molecular formula is C36H34N4O9S2. The van der Waals surface area contributed by atoms with Crippen LogP contribution in [-0.4, -0.2) is 30.9 Å². The maximum absolute atomic E-state index is 13.1. The normalized spacial score (nSPS) is 11.9. The molecule has 0 unspecified atom stereocenters. The van der Waals surface area contributed by atoms with Crippen LogP contribution < -0.4 is 34.9 Å². The number of nitrogens with one attached hydrogen (secondary N) is 4. The van der Waals surface area contributed by atoms with Gasteiger partial charge < -0.3 is 13.6 Å². The molecule has 2 aromatic heterocycles. The predicted octanol–water partition coefficient (Wildman–Crippen LogP) is 5.24. The van der Waals surface area contributed by atoms with E-state index >= 15 is 0 Å². The fourth-order valence-corrected chi connectivity index (χ4v) is 6.81. The van der Waals surface area contributed by atoms with Crippen molar-refractivity contribution in [1.82, 2.24) is 9.44 Å². The Hall–Kier alpha value is -5.48. The van der Waals surface area contributed by atoms with Gasteiger partial charge >= 0.3 is 11.3 Å². The summed E-state index contributed by atoms with van der Waals surface area (Å²) in [4.78, 5) is 26.2. The van der Waals surface area contributed by atoms with E-state index in [1.807, 2.05) is 13.8 Å². The van der Waals surface area contributed by atoms with E-state index in [-0.39, 0.29) is 12.8 Å². The molecule has 0 saturated heterocycles. The monoisotopic (exact) mass is 730 g/mol. The van der Waals surface area contributed by atoms with Gasteiger partial charge in [0.2, 0.25) is 0 Å². The van der Waals surface area contributed by atoms with Crippen molar-refractivity contribution >= 4 is 53.7 Å². The first-order valence-electron chi connectivity index (χ1n) is 15.6. The van der Waals surface area contributed by atoms with E-state index in [0.29, 0.717) is 55.9 Å². The Balaban J connectivity index is 1.22. The highest BCUT2D eigenvalue weighted by Crippen LogP contribution is 2.31. The molecule has 0 saturated carbocycles. The van der Waals surface area contributed by atoms with Gasteiger partial charge in [0, 0.05) is 61.0 Å². The minimum atomic E-state index is -3.70. The third-order valence-electron chi connectivity index (χ3n) is 8.41. The highest BCUT2D eigenvalue weighted by molar-refractivity contribution is 7.91. The van der Waals surface area contributed by atoms with Crippen LogP contribution in [0.25, 0.3) is 21.9 Å². The summed E-state index contributed by atoms with van der Waals surface area (Å²) in [6.45, 7) is 3.65. The van der Waals surface area contributed by atoms with Crippen LogP contribution in [0.3, 0.4) is 0 Å². The molecule has 4 N–H and O–H groups in total. The Morgan fingerprint density at radius 1 is 0.588 bits per heavy atom. The number of hydrogen-bond acceptors (Lipinski definition) is 9. The Morgan fingerprint density at radius 3 is 1.39 bits per heavy atom. The Bertz CT molecular complexity index is 2470. The van der Waals surface area contributed by atoms with Crippen molar-refractivity contribution < 1.29 is 30.4 Å². The van der Waals surface area contributed by atoms with E-state index in [9.17, 15) is 26.4 Å². The Labute approximate surface area is 293 Å². The smallest absolute Gasteiger partial charge is 0.340 e. The van der Waals surface area contributed by atoms with Gasteiger partial charge in [-0.3, -0.25) is 9.44 Å². The second-order valence-electron chi connectivity index (χ2n) is 11.8. The zero-order valence-corrected chi connectivity index (χ0v) is 29.6. The summed E-state index contributed by atoms with van der Waals surface area (Å²) < 4.78 is 74.3. The molecule has 0 aliphatic rings. The molecule has 0 fully saturated rings. The second kappa shape index (κ2) is 14.0. The standard InChI is InChI=1S/C36H34N4O9S2/c1-21-29-13-11-27(19-33(29)48-35(41)31(21)17-23-7-5-9-25(15-23)39-50(43,44)37-3)47-28-12-14-30-22(2)32(36(42)49-34(30)20-28)18-24-8-6-10-26(16-24)40-51(45,46)38-4/h5-16,19-20,37-40H,17-18H2,1-4H3. The van der Waals surface area contributed by atoms with Gasteiger partial charge in [-0.15, -0.1) is 0 Å². The molecule has 0 radical (unpaired) electrons. The highest BCUT2D eigenvalue weighted by Gasteiger charge is 2.17. The van der Waals surface area contributed by atoms with Crippen molar-refractivity contribution in [3.63, 3.8) is 0 Å². The second-order valence-corrected chi connectivity index (χ2v) is 15.0. The summed E-state index contributed by atoms with van der Waals surface area (Å²) in [6.07, 6.45) is 0.455. The first-order valence-corrected chi connectivity index (χ1v) is 18.6. The molecule has 51 heavy (non-hydrogen) atoms. The van der Waals surface area contributed by atoms with Crippen molar-refractivity contribution in [1.29, 1.82) is 0 Å². The average Bonchev–Trinajstić information content (AvgIpc) is 3.08. The topological polar surface area (TPSA) is 186 Å². The fourth-order valence-electron chi connectivity index (χ4n) is 5.73. The van der Waals surface area contributed by atoms with Crippen LogP contribution >= 0.6 is 0 Å². The van der Waals surface area contributed by atoms with Gasteiger partial charge in [-0.1, -0.05) is 24.3 Å². The third kappa shape index (κ3) is 7.97. The lowest BCUT2D eigenvalue weighted by Gasteiger charge is -2.12. The number of hydrogen-bond donors (Lipinski definition) is 4. The van der Waals surface area contributed by atoms with Gasteiger partial charge in [-0.05, 0) is 84.6 Å². The van der Waals surface area contributed by atoms with Crippen LogP contribution in [0.2, 0.25) is 0 Å². The molecular weight excluding hydrogens is 697 g/mol. The van der Waals surface area contributed by atoms with Crippen LogP contribution in [-0.2, 0) is 33.3 Å². The van der Waals surface area contributed by atoms with Gasteiger partial charge in [0.05, 0.1) is 11.4 Å². The molecule has 6 rings (SSSR count). The number of anilines is 2. The molecule has 13 nitrogen and oxygen atoms in total. The molecule has 0 amide bonds. The van der Waals surface area contributed by atoms with Gasteiger partial charge in [0.25, 0.3) is 20.4 Å². The van der Waals surface area contributed by atoms with E-state index in [0.717, 1.165) is 22.3 Å². The molecule has 264 valence electrons. The maximum Gasteiger partial charge on any atom is 0.340 e. The van der Waals surface area contributed by atoms with Crippen LogP contribution in [0.15, 0.2) is 103 Å². The van der Waals surface area contributed by atoms with Crippen molar-refractivity contribution in [2.45, 2.75) is 26.7 Å². The Kier molecular flexibility index (Phi) is 9.73. The first kappa shape index (κ1) is 35.3. The number of fused-ring (bicyclic) bond motifs is 2. The van der Waals surface area contributed by atoms with Crippen LogP contribution in [0.5, 0.6) is 11.5 Å². The number of aryl methyl sites for hydroxylation is 2.